The van der Waals surface area contributed by atoms with E-state index in [0.717, 1.165) is 16.3 Å². The Hall–Kier alpha value is -3.55. The topological polar surface area (TPSA) is 99.0 Å². The summed E-state index contributed by atoms with van der Waals surface area (Å²) in [7, 11) is 0. The number of tetrazole rings is 1. The molecule has 0 radical (unpaired) electrons. The summed E-state index contributed by atoms with van der Waals surface area (Å²) in [4.78, 5) is 25.1. The fourth-order valence-corrected chi connectivity index (χ4v) is 3.40. The second kappa shape index (κ2) is 6.64. The number of hydrogen-bond acceptors (Lipinski definition) is 7. The van der Waals surface area contributed by atoms with Crippen LogP contribution in [0.15, 0.2) is 53.7 Å². The highest BCUT2D eigenvalue weighted by Crippen LogP contribution is 2.38. The third-order valence-corrected chi connectivity index (χ3v) is 4.49. The van der Waals surface area contributed by atoms with Crippen LogP contribution in [-0.2, 0) is 14.3 Å². The second-order valence-corrected chi connectivity index (χ2v) is 6.11. The summed E-state index contributed by atoms with van der Waals surface area (Å²) in [6, 6.07) is 13.0. The fourth-order valence-electron chi connectivity index (χ4n) is 3.40. The summed E-state index contributed by atoms with van der Waals surface area (Å²) < 4.78 is 6.65. The van der Waals surface area contributed by atoms with E-state index >= 15 is 0 Å². The first-order valence-corrected chi connectivity index (χ1v) is 8.56. The van der Waals surface area contributed by atoms with Crippen molar-refractivity contribution < 1.29 is 14.3 Å². The van der Waals surface area contributed by atoms with E-state index in [2.05, 4.69) is 20.8 Å². The third kappa shape index (κ3) is 2.75. The maximum Gasteiger partial charge on any atom is 0.355 e. The summed E-state index contributed by atoms with van der Waals surface area (Å²) >= 11 is 0. The molecule has 0 saturated heterocycles. The average molecular weight is 363 g/mol. The zero-order chi connectivity index (χ0) is 19.0. The molecule has 2 heterocycles. The zero-order valence-corrected chi connectivity index (χ0v) is 14.8. The van der Waals surface area contributed by atoms with Crippen LogP contribution in [-0.4, -0.2) is 38.6 Å². The standard InChI is InChI=1S/C19H17N5O3/c1-3-27-18(26)16-15(11(2)25)17(24-19(20-16)21-22-23-24)14-10-6-8-12-7-4-5-9-13(12)14/h4-10,17H,3H2,1-2H3,(H,20,21,23). The minimum atomic E-state index is -0.640. The Bertz CT molecular complexity index is 1080. The molecule has 0 saturated carbocycles. The largest absolute Gasteiger partial charge is 0.461 e. The number of allylic oxidation sites excluding steroid dienone is 1. The average Bonchev–Trinajstić information content (AvgIpc) is 3.14. The molecule has 1 aromatic heterocycles. The van der Waals surface area contributed by atoms with E-state index in [-0.39, 0.29) is 29.6 Å². The number of hydrogen-bond donors (Lipinski definition) is 1. The molecule has 0 fully saturated rings. The molecule has 8 heteroatoms. The normalized spacial score (nSPS) is 16.0. The van der Waals surface area contributed by atoms with E-state index < -0.39 is 12.0 Å². The number of anilines is 1. The minimum absolute atomic E-state index is 0.0737. The van der Waals surface area contributed by atoms with E-state index in [1.54, 1.807) is 6.92 Å². The van der Waals surface area contributed by atoms with E-state index in [1.165, 1.54) is 11.6 Å². The van der Waals surface area contributed by atoms with Crippen LogP contribution in [0.3, 0.4) is 0 Å². The summed E-state index contributed by atoms with van der Waals surface area (Å²) in [5.74, 6) is -0.590. The Labute approximate surface area is 154 Å². The SMILES string of the molecule is CCOC(=O)C1=C(C(C)=O)C(c2cccc3ccccc23)n2nnnc2N1. The Morgan fingerprint density at radius 1 is 1.19 bits per heavy atom. The van der Waals surface area contributed by atoms with Crippen LogP contribution in [0.4, 0.5) is 5.95 Å². The predicted octanol–water partition coefficient (Wildman–Crippen LogP) is 2.25. The van der Waals surface area contributed by atoms with Crippen LogP contribution in [0.25, 0.3) is 10.8 Å². The van der Waals surface area contributed by atoms with Crippen molar-refractivity contribution in [1.82, 2.24) is 20.2 Å². The minimum Gasteiger partial charge on any atom is -0.461 e. The van der Waals surface area contributed by atoms with Gasteiger partial charge in [-0.1, -0.05) is 47.6 Å². The molecule has 0 aliphatic carbocycles. The smallest absolute Gasteiger partial charge is 0.355 e. The van der Waals surface area contributed by atoms with Gasteiger partial charge in [0.15, 0.2) is 5.78 Å². The van der Waals surface area contributed by atoms with Crippen molar-refractivity contribution >= 4 is 28.5 Å². The van der Waals surface area contributed by atoms with Gasteiger partial charge >= 0.3 is 5.97 Å². The molecular formula is C19H17N5O3. The second-order valence-electron chi connectivity index (χ2n) is 6.11. The van der Waals surface area contributed by atoms with Crippen LogP contribution >= 0.6 is 0 Å². The van der Waals surface area contributed by atoms with Crippen molar-refractivity contribution in [2.45, 2.75) is 19.9 Å². The van der Waals surface area contributed by atoms with Crippen molar-refractivity contribution in [3.05, 3.63) is 59.3 Å². The van der Waals surface area contributed by atoms with Gasteiger partial charge in [-0.2, -0.15) is 4.68 Å². The summed E-state index contributed by atoms with van der Waals surface area (Å²) in [5, 5.41) is 16.5. The molecule has 0 spiro atoms. The summed E-state index contributed by atoms with van der Waals surface area (Å²) in [5.41, 5.74) is 1.17. The number of esters is 1. The number of nitrogens with zero attached hydrogens (tertiary/aromatic N) is 4. The maximum absolute atomic E-state index is 12.6. The molecule has 0 bridgehead atoms. The van der Waals surface area contributed by atoms with Crippen LogP contribution in [0, 0.1) is 0 Å². The van der Waals surface area contributed by atoms with Crippen molar-refractivity contribution in [1.29, 1.82) is 0 Å². The van der Waals surface area contributed by atoms with Gasteiger partial charge in [0.25, 0.3) is 0 Å². The van der Waals surface area contributed by atoms with Gasteiger partial charge in [0, 0.05) is 0 Å². The molecule has 3 aromatic rings. The predicted molar refractivity (Wildman–Crippen MR) is 97.9 cm³/mol. The molecule has 27 heavy (non-hydrogen) atoms. The molecule has 1 N–H and O–H groups in total. The molecule has 1 aliphatic rings. The van der Waals surface area contributed by atoms with Crippen molar-refractivity contribution in [2.24, 2.45) is 0 Å². The highest BCUT2D eigenvalue weighted by molar-refractivity contribution is 6.06. The quantitative estimate of drug-likeness (QED) is 0.710. The molecule has 4 rings (SSSR count). The van der Waals surface area contributed by atoms with Crippen LogP contribution in [0.1, 0.15) is 25.5 Å². The Balaban J connectivity index is 2.01. The lowest BCUT2D eigenvalue weighted by atomic mass is 9.89. The van der Waals surface area contributed by atoms with Gasteiger partial charge in [-0.05, 0) is 40.6 Å². The number of benzene rings is 2. The third-order valence-electron chi connectivity index (χ3n) is 4.49. The monoisotopic (exact) mass is 363 g/mol. The number of carbonyl (C=O) groups excluding carboxylic acids is 2. The number of aromatic nitrogens is 4. The van der Waals surface area contributed by atoms with Gasteiger partial charge in [0.1, 0.15) is 11.7 Å². The lowest BCUT2D eigenvalue weighted by molar-refractivity contribution is -0.138. The van der Waals surface area contributed by atoms with Gasteiger partial charge in [-0.15, -0.1) is 0 Å². The van der Waals surface area contributed by atoms with Gasteiger partial charge in [0.2, 0.25) is 5.95 Å². The Morgan fingerprint density at radius 2 is 1.96 bits per heavy atom. The number of ether oxygens (including phenoxy) is 1. The number of nitrogens with one attached hydrogen (secondary N) is 1. The lowest BCUT2D eigenvalue weighted by Gasteiger charge is -2.28. The molecule has 0 amide bonds. The van der Waals surface area contributed by atoms with Gasteiger partial charge in [0.05, 0.1) is 12.2 Å². The van der Waals surface area contributed by atoms with E-state index in [9.17, 15) is 9.59 Å². The number of rotatable bonds is 4. The van der Waals surface area contributed by atoms with Crippen molar-refractivity contribution in [2.75, 3.05) is 11.9 Å². The van der Waals surface area contributed by atoms with Gasteiger partial charge < -0.3 is 10.1 Å². The van der Waals surface area contributed by atoms with E-state index in [1.807, 2.05) is 42.5 Å². The first-order valence-electron chi connectivity index (χ1n) is 8.56. The number of carbonyl (C=O) groups is 2. The molecule has 1 aliphatic heterocycles. The number of fused-ring (bicyclic) bond motifs is 2. The molecular weight excluding hydrogens is 346 g/mol. The van der Waals surface area contributed by atoms with Crippen LogP contribution in [0.2, 0.25) is 0 Å². The first kappa shape index (κ1) is 16.9. The number of Topliss-reactive ketones (excluding diaryl/α,β-unsaturated/α-hetero) is 1. The Morgan fingerprint density at radius 3 is 2.74 bits per heavy atom. The van der Waals surface area contributed by atoms with Gasteiger partial charge in [-0.25, -0.2) is 4.79 Å². The summed E-state index contributed by atoms with van der Waals surface area (Å²) in [6.07, 6.45) is 0. The molecule has 1 atom stereocenters. The highest BCUT2D eigenvalue weighted by Gasteiger charge is 2.37. The van der Waals surface area contributed by atoms with Crippen molar-refractivity contribution in [3.63, 3.8) is 0 Å². The summed E-state index contributed by atoms with van der Waals surface area (Å²) in [6.45, 7) is 3.32. The molecule has 2 aromatic carbocycles. The molecule has 1 unspecified atom stereocenters. The van der Waals surface area contributed by atoms with E-state index in [4.69, 9.17) is 4.74 Å². The van der Waals surface area contributed by atoms with Crippen LogP contribution < -0.4 is 5.32 Å². The van der Waals surface area contributed by atoms with Crippen molar-refractivity contribution in [3.8, 4) is 0 Å². The first-order chi connectivity index (χ1) is 13.1. The zero-order valence-electron chi connectivity index (χ0n) is 14.8. The highest BCUT2D eigenvalue weighted by atomic mass is 16.5. The lowest BCUT2D eigenvalue weighted by Crippen LogP contribution is -2.32. The maximum atomic E-state index is 12.6. The van der Waals surface area contributed by atoms with E-state index in [0.29, 0.717) is 0 Å². The molecule has 136 valence electrons. The van der Waals surface area contributed by atoms with Crippen LogP contribution in [0.5, 0.6) is 0 Å². The fraction of sp³-hybridized carbons (Fsp3) is 0.211. The Kier molecular flexibility index (Phi) is 4.15. The molecule has 8 nitrogen and oxygen atoms in total. The number of ketones is 1. The van der Waals surface area contributed by atoms with Gasteiger partial charge in [-0.3, -0.25) is 4.79 Å².